The van der Waals surface area contributed by atoms with Crippen molar-refractivity contribution in [2.45, 2.75) is 13.1 Å². The van der Waals surface area contributed by atoms with E-state index in [9.17, 15) is 4.79 Å². The monoisotopic (exact) mass is 447 g/mol. The van der Waals surface area contributed by atoms with Crippen molar-refractivity contribution in [1.82, 2.24) is 4.57 Å². The molecule has 4 N–H and O–H groups in total. The molecule has 0 aliphatic heterocycles. The normalized spacial score (nSPS) is 11.0. The van der Waals surface area contributed by atoms with Gasteiger partial charge in [-0.25, -0.2) is 4.79 Å². The highest BCUT2D eigenvalue weighted by molar-refractivity contribution is 6.09. The molecular formula is C29H25N3O2. The number of nitrogens with two attached hydrogens (primary N) is 2. The molecule has 0 bridgehead atoms. The first-order valence-corrected chi connectivity index (χ1v) is 11.2. The lowest BCUT2D eigenvalue weighted by molar-refractivity contribution is 0.0493. The first-order valence-electron chi connectivity index (χ1n) is 11.2. The van der Waals surface area contributed by atoms with Crippen LogP contribution >= 0.6 is 0 Å². The maximum Gasteiger partial charge on any atom is 0.374 e. The smallest absolute Gasteiger partial charge is 0.369 e. The minimum atomic E-state index is -0.572. The summed E-state index contributed by atoms with van der Waals surface area (Å²) in [4.78, 5) is 17.8. The molecule has 0 aliphatic rings. The number of rotatable bonds is 6. The Kier molecular flexibility index (Phi) is 5.95. The summed E-state index contributed by atoms with van der Waals surface area (Å²) in [7, 11) is 0. The second-order valence-corrected chi connectivity index (χ2v) is 8.20. The van der Waals surface area contributed by atoms with Crippen LogP contribution in [0.2, 0.25) is 0 Å². The summed E-state index contributed by atoms with van der Waals surface area (Å²) in [5.41, 5.74) is 13.2. The van der Waals surface area contributed by atoms with E-state index in [1.54, 1.807) is 0 Å². The zero-order chi connectivity index (χ0) is 23.5. The van der Waals surface area contributed by atoms with E-state index in [4.69, 9.17) is 16.5 Å². The summed E-state index contributed by atoms with van der Waals surface area (Å²) in [6.45, 7) is 0.988. The van der Waals surface area contributed by atoms with E-state index in [0.29, 0.717) is 18.8 Å². The fraction of sp³-hybridized carbons (Fsp3) is 0.0690. The van der Waals surface area contributed by atoms with Gasteiger partial charge in [0, 0.05) is 29.6 Å². The molecular weight excluding hydrogens is 422 g/mol. The van der Waals surface area contributed by atoms with Crippen molar-refractivity contribution in [3.63, 3.8) is 0 Å². The Morgan fingerprint density at radius 1 is 0.735 bits per heavy atom. The average molecular weight is 448 g/mol. The van der Waals surface area contributed by atoms with E-state index in [1.807, 2.05) is 77.4 Å². The fourth-order valence-electron chi connectivity index (χ4n) is 4.51. The molecule has 5 heteroatoms. The molecule has 1 heterocycles. The van der Waals surface area contributed by atoms with Gasteiger partial charge >= 0.3 is 5.97 Å². The van der Waals surface area contributed by atoms with Gasteiger partial charge in [0.1, 0.15) is 5.69 Å². The van der Waals surface area contributed by atoms with E-state index >= 15 is 0 Å². The van der Waals surface area contributed by atoms with Crippen molar-refractivity contribution < 1.29 is 9.63 Å². The minimum absolute atomic E-state index is 0.431. The van der Waals surface area contributed by atoms with E-state index in [-0.39, 0.29) is 0 Å². The average Bonchev–Trinajstić information content (AvgIpc) is 3.22. The topological polar surface area (TPSA) is 83.3 Å². The molecule has 168 valence electrons. The highest BCUT2D eigenvalue weighted by Crippen LogP contribution is 2.38. The summed E-state index contributed by atoms with van der Waals surface area (Å²) in [5, 5.41) is 0.957. The first-order chi connectivity index (χ1) is 16.7. The summed E-state index contributed by atoms with van der Waals surface area (Å²) < 4.78 is 1.99. The van der Waals surface area contributed by atoms with Gasteiger partial charge in [0.2, 0.25) is 0 Å². The van der Waals surface area contributed by atoms with E-state index in [2.05, 4.69) is 30.3 Å². The molecule has 1 aromatic heterocycles. The third kappa shape index (κ3) is 3.99. The summed E-state index contributed by atoms with van der Waals surface area (Å²) in [6.07, 6.45) is 0. The largest absolute Gasteiger partial charge is 0.374 e. The molecule has 5 aromatic rings. The van der Waals surface area contributed by atoms with Gasteiger partial charge in [0.15, 0.2) is 0 Å². The van der Waals surface area contributed by atoms with Crippen molar-refractivity contribution in [3.8, 4) is 22.3 Å². The van der Waals surface area contributed by atoms with Gasteiger partial charge in [-0.1, -0.05) is 84.9 Å². The second-order valence-electron chi connectivity index (χ2n) is 8.20. The highest BCUT2D eigenvalue weighted by Gasteiger charge is 2.25. The van der Waals surface area contributed by atoms with Crippen LogP contribution in [0.5, 0.6) is 0 Å². The molecule has 34 heavy (non-hydrogen) atoms. The van der Waals surface area contributed by atoms with Crippen molar-refractivity contribution in [2.24, 2.45) is 11.6 Å². The van der Waals surface area contributed by atoms with Gasteiger partial charge < -0.3 is 15.1 Å². The summed E-state index contributed by atoms with van der Waals surface area (Å²) in [5.74, 6) is 4.84. The number of aromatic nitrogens is 1. The third-order valence-electron chi connectivity index (χ3n) is 6.11. The molecule has 5 rings (SSSR count). The van der Waals surface area contributed by atoms with Crippen LogP contribution in [0, 0.1) is 0 Å². The molecule has 0 saturated heterocycles. The Morgan fingerprint density at radius 2 is 1.38 bits per heavy atom. The number of carbonyl (C=O) groups excluding carboxylic acids is 1. The van der Waals surface area contributed by atoms with E-state index in [0.717, 1.165) is 44.3 Å². The second kappa shape index (κ2) is 9.35. The van der Waals surface area contributed by atoms with E-state index in [1.165, 1.54) is 0 Å². The maximum absolute atomic E-state index is 13.0. The third-order valence-corrected chi connectivity index (χ3v) is 6.11. The lowest BCUT2D eigenvalue weighted by Crippen LogP contribution is -2.17. The standard InChI is InChI=1S/C29H25N3O2/c30-18-21-10-7-13-23(16-21)24-14-15-26-25(17-24)27(22-11-5-2-6-12-22)28(29(33)34-31)32(26)19-20-8-3-1-4-9-20/h1-17H,18-19,30-31H2. The lowest BCUT2D eigenvalue weighted by Gasteiger charge is -2.11. The Bertz CT molecular complexity index is 1460. The quantitative estimate of drug-likeness (QED) is 0.336. The van der Waals surface area contributed by atoms with Gasteiger partial charge in [-0.05, 0) is 46.0 Å². The molecule has 0 radical (unpaired) electrons. The molecule has 0 spiro atoms. The van der Waals surface area contributed by atoms with Crippen LogP contribution in [0.1, 0.15) is 21.6 Å². The first kappa shape index (κ1) is 21.6. The number of nitrogens with zero attached hydrogens (tertiary/aromatic N) is 1. The number of hydrogen-bond donors (Lipinski definition) is 2. The predicted molar refractivity (Wildman–Crippen MR) is 136 cm³/mol. The van der Waals surface area contributed by atoms with Crippen LogP contribution < -0.4 is 11.6 Å². The van der Waals surface area contributed by atoms with Crippen molar-refractivity contribution in [1.29, 1.82) is 0 Å². The zero-order valence-corrected chi connectivity index (χ0v) is 18.6. The SMILES string of the molecule is NCc1cccc(-c2ccc3c(c2)c(-c2ccccc2)c(C(=O)ON)n3Cc2ccccc2)c1. The van der Waals surface area contributed by atoms with Gasteiger partial charge in [-0.15, -0.1) is 0 Å². The van der Waals surface area contributed by atoms with Crippen LogP contribution in [-0.2, 0) is 17.9 Å². The molecule has 0 atom stereocenters. The minimum Gasteiger partial charge on any atom is -0.369 e. The number of hydrogen-bond acceptors (Lipinski definition) is 4. The van der Waals surface area contributed by atoms with Crippen molar-refractivity contribution in [3.05, 3.63) is 120 Å². The number of benzene rings is 4. The highest BCUT2D eigenvalue weighted by atomic mass is 16.7. The Hall–Kier alpha value is -4.19. The Labute approximate surface area is 198 Å². The molecule has 4 aromatic carbocycles. The molecule has 0 amide bonds. The number of fused-ring (bicyclic) bond motifs is 1. The number of carbonyl (C=O) groups is 1. The van der Waals surface area contributed by atoms with Crippen LogP contribution in [0.25, 0.3) is 33.2 Å². The van der Waals surface area contributed by atoms with Crippen LogP contribution in [0.15, 0.2) is 103 Å². The lowest BCUT2D eigenvalue weighted by atomic mass is 9.97. The summed E-state index contributed by atoms with van der Waals surface area (Å²) in [6, 6.07) is 34.4. The van der Waals surface area contributed by atoms with Crippen LogP contribution in [-0.4, -0.2) is 10.5 Å². The predicted octanol–water partition coefficient (Wildman–Crippen LogP) is 5.51. The Balaban J connectivity index is 1.80. The van der Waals surface area contributed by atoms with Gasteiger partial charge in [0.05, 0.1) is 0 Å². The Morgan fingerprint density at radius 3 is 2.09 bits per heavy atom. The van der Waals surface area contributed by atoms with Crippen molar-refractivity contribution >= 4 is 16.9 Å². The summed E-state index contributed by atoms with van der Waals surface area (Å²) >= 11 is 0. The molecule has 0 fully saturated rings. The van der Waals surface area contributed by atoms with Gasteiger partial charge in [-0.3, -0.25) is 0 Å². The van der Waals surface area contributed by atoms with Gasteiger partial charge in [0.25, 0.3) is 0 Å². The molecule has 0 saturated carbocycles. The van der Waals surface area contributed by atoms with Crippen LogP contribution in [0.4, 0.5) is 0 Å². The van der Waals surface area contributed by atoms with Crippen molar-refractivity contribution in [2.75, 3.05) is 0 Å². The molecule has 0 aliphatic carbocycles. The zero-order valence-electron chi connectivity index (χ0n) is 18.6. The van der Waals surface area contributed by atoms with E-state index < -0.39 is 5.97 Å². The molecule has 0 unspecified atom stereocenters. The van der Waals surface area contributed by atoms with Gasteiger partial charge in [-0.2, -0.15) is 5.90 Å². The molecule has 5 nitrogen and oxygen atoms in total. The maximum atomic E-state index is 13.0. The fourth-order valence-corrected chi connectivity index (χ4v) is 4.51. The van der Waals surface area contributed by atoms with Crippen LogP contribution in [0.3, 0.4) is 0 Å².